The minimum Gasteiger partial charge on any atom is -0.482 e. The van der Waals surface area contributed by atoms with Crippen LogP contribution in [0.4, 0.5) is 4.39 Å². The predicted octanol–water partition coefficient (Wildman–Crippen LogP) is 2.17. The predicted molar refractivity (Wildman–Crippen MR) is 120 cm³/mol. The zero-order valence-electron chi connectivity index (χ0n) is 18.4. The Kier molecular flexibility index (Phi) is 6.13. The summed E-state index contributed by atoms with van der Waals surface area (Å²) in [4.78, 5) is 39.3. The second-order valence-electron chi connectivity index (χ2n) is 8.81. The maximum Gasteiger partial charge on any atom is 0.269 e. The van der Waals surface area contributed by atoms with Crippen LogP contribution in [0.5, 0.6) is 5.75 Å². The summed E-state index contributed by atoms with van der Waals surface area (Å²) in [5.74, 6) is 1.66. The van der Waals surface area contributed by atoms with E-state index in [-0.39, 0.29) is 23.8 Å². The number of nitrogens with zero attached hydrogens (tertiary/aromatic N) is 5. The number of rotatable bonds is 6. The molecule has 0 amide bonds. The Balaban J connectivity index is 1.13. The van der Waals surface area contributed by atoms with Gasteiger partial charge in [0.2, 0.25) is 0 Å². The number of aromatic nitrogens is 4. The van der Waals surface area contributed by atoms with Gasteiger partial charge in [0.25, 0.3) is 5.56 Å². The number of halogens is 1. The van der Waals surface area contributed by atoms with Gasteiger partial charge in [-0.05, 0) is 56.5 Å². The van der Waals surface area contributed by atoms with Crippen LogP contribution >= 0.6 is 0 Å². The summed E-state index contributed by atoms with van der Waals surface area (Å²) in [6.45, 7) is 3.28. The molecule has 1 saturated heterocycles. The fraction of sp³-hybridized carbons (Fsp3) is 0.458. The van der Waals surface area contributed by atoms with Gasteiger partial charge in [-0.1, -0.05) is 0 Å². The SMILES string of the molecule is O=C1COc2cnc(CCC3CCN(CCn4c(=O)cnc5ccc(F)cc54)CC3)nc2C1. The first-order chi connectivity index (χ1) is 16.0. The average Bonchev–Trinajstić information content (AvgIpc) is 2.82. The molecular formula is C24H26FN5O3. The molecule has 0 radical (unpaired) electrons. The normalized spacial score (nSPS) is 17.2. The van der Waals surface area contributed by atoms with Crippen molar-refractivity contribution in [2.45, 2.75) is 38.6 Å². The topological polar surface area (TPSA) is 90.2 Å². The third kappa shape index (κ3) is 4.93. The number of ether oxygens (including phenoxy) is 1. The van der Waals surface area contributed by atoms with Crippen LogP contribution in [-0.4, -0.2) is 56.4 Å². The van der Waals surface area contributed by atoms with E-state index >= 15 is 0 Å². The molecule has 0 spiro atoms. The molecule has 3 aromatic rings. The molecule has 0 aliphatic carbocycles. The van der Waals surface area contributed by atoms with Gasteiger partial charge in [0, 0.05) is 19.5 Å². The van der Waals surface area contributed by atoms with E-state index in [1.165, 1.54) is 18.3 Å². The van der Waals surface area contributed by atoms with Crippen molar-refractivity contribution in [1.29, 1.82) is 0 Å². The number of ketones is 1. The molecule has 0 saturated carbocycles. The van der Waals surface area contributed by atoms with Crippen LogP contribution < -0.4 is 10.3 Å². The van der Waals surface area contributed by atoms with Crippen LogP contribution in [-0.2, 0) is 24.2 Å². The van der Waals surface area contributed by atoms with Crippen LogP contribution in [0, 0.1) is 11.7 Å². The van der Waals surface area contributed by atoms with Crippen molar-refractivity contribution in [1.82, 2.24) is 24.4 Å². The molecule has 2 aromatic heterocycles. The molecule has 1 aromatic carbocycles. The number of hydrogen-bond donors (Lipinski definition) is 0. The van der Waals surface area contributed by atoms with Gasteiger partial charge in [0.1, 0.15) is 18.2 Å². The number of likely N-dealkylation sites (tertiary alicyclic amines) is 1. The highest BCUT2D eigenvalue weighted by Crippen LogP contribution is 2.24. The Labute approximate surface area is 190 Å². The van der Waals surface area contributed by atoms with Crippen molar-refractivity contribution in [3.63, 3.8) is 0 Å². The van der Waals surface area contributed by atoms with E-state index in [0.717, 1.165) is 51.1 Å². The maximum atomic E-state index is 13.7. The van der Waals surface area contributed by atoms with Crippen LogP contribution in [0.3, 0.4) is 0 Å². The first kappa shape index (κ1) is 21.6. The average molecular weight is 452 g/mol. The molecule has 8 nitrogen and oxygen atoms in total. The van der Waals surface area contributed by atoms with E-state index in [1.807, 2.05) is 0 Å². The standard InChI is InChI=1S/C24H26FN5O3/c25-17-2-3-19-21(11-17)30(24(32)14-26-19)10-9-29-7-5-16(6-8-29)1-4-23-27-13-22-20(28-23)12-18(31)15-33-22/h2-3,11,13-14,16H,1,4-10,12,15H2. The van der Waals surface area contributed by atoms with Gasteiger partial charge >= 0.3 is 0 Å². The first-order valence-electron chi connectivity index (χ1n) is 11.4. The molecule has 172 valence electrons. The van der Waals surface area contributed by atoms with Crippen LogP contribution in [0.1, 0.15) is 30.8 Å². The second-order valence-corrected chi connectivity index (χ2v) is 8.81. The Hall–Kier alpha value is -3.20. The molecule has 4 heterocycles. The van der Waals surface area contributed by atoms with Gasteiger partial charge in [0.15, 0.2) is 11.5 Å². The number of carbonyl (C=O) groups excluding carboxylic acids is 1. The lowest BCUT2D eigenvalue weighted by Crippen LogP contribution is -2.37. The minimum atomic E-state index is -0.369. The highest BCUT2D eigenvalue weighted by molar-refractivity contribution is 5.83. The fourth-order valence-corrected chi connectivity index (χ4v) is 4.65. The number of aryl methyl sites for hydroxylation is 1. The fourth-order valence-electron chi connectivity index (χ4n) is 4.65. The van der Waals surface area contributed by atoms with Crippen molar-refractivity contribution < 1.29 is 13.9 Å². The van der Waals surface area contributed by atoms with E-state index in [1.54, 1.807) is 16.8 Å². The van der Waals surface area contributed by atoms with Gasteiger partial charge in [-0.15, -0.1) is 0 Å². The number of carbonyl (C=O) groups is 1. The van der Waals surface area contributed by atoms with E-state index < -0.39 is 0 Å². The van der Waals surface area contributed by atoms with E-state index in [2.05, 4.69) is 19.9 Å². The summed E-state index contributed by atoms with van der Waals surface area (Å²) in [5.41, 5.74) is 1.65. The molecule has 2 aliphatic rings. The highest BCUT2D eigenvalue weighted by atomic mass is 19.1. The number of fused-ring (bicyclic) bond motifs is 2. The molecule has 33 heavy (non-hydrogen) atoms. The van der Waals surface area contributed by atoms with E-state index in [0.29, 0.717) is 41.4 Å². The Bertz CT molecular complexity index is 1240. The Morgan fingerprint density at radius 3 is 2.79 bits per heavy atom. The molecule has 0 N–H and O–H groups in total. The zero-order chi connectivity index (χ0) is 22.8. The number of Topliss-reactive ketones (excluding diaryl/α,β-unsaturated/α-hetero) is 1. The lowest BCUT2D eigenvalue weighted by molar-refractivity contribution is -0.121. The monoisotopic (exact) mass is 451 g/mol. The Morgan fingerprint density at radius 2 is 1.94 bits per heavy atom. The summed E-state index contributed by atoms with van der Waals surface area (Å²) >= 11 is 0. The van der Waals surface area contributed by atoms with Crippen molar-refractivity contribution in [3.05, 3.63) is 58.3 Å². The smallest absolute Gasteiger partial charge is 0.269 e. The number of benzene rings is 1. The van der Waals surface area contributed by atoms with Crippen LogP contribution in [0.15, 0.2) is 35.4 Å². The summed E-state index contributed by atoms with van der Waals surface area (Å²) < 4.78 is 20.7. The van der Waals surface area contributed by atoms with Gasteiger partial charge in [0.05, 0.1) is 35.5 Å². The van der Waals surface area contributed by atoms with Crippen LogP contribution in [0.2, 0.25) is 0 Å². The Morgan fingerprint density at radius 1 is 1.09 bits per heavy atom. The molecule has 1 fully saturated rings. The summed E-state index contributed by atoms with van der Waals surface area (Å²) in [6, 6.07) is 4.33. The molecule has 5 rings (SSSR count). The second kappa shape index (κ2) is 9.35. The summed E-state index contributed by atoms with van der Waals surface area (Å²) in [7, 11) is 0. The summed E-state index contributed by atoms with van der Waals surface area (Å²) in [5, 5.41) is 0. The van der Waals surface area contributed by atoms with Crippen molar-refractivity contribution in [2.75, 3.05) is 26.2 Å². The molecule has 0 unspecified atom stereocenters. The molecular weight excluding hydrogens is 425 g/mol. The third-order valence-electron chi connectivity index (χ3n) is 6.56. The van der Waals surface area contributed by atoms with Crippen molar-refractivity contribution in [2.24, 2.45) is 5.92 Å². The first-order valence-corrected chi connectivity index (χ1v) is 11.4. The summed E-state index contributed by atoms with van der Waals surface area (Å²) in [6.07, 6.45) is 7.26. The van der Waals surface area contributed by atoms with Crippen molar-refractivity contribution >= 4 is 16.8 Å². The van der Waals surface area contributed by atoms with Gasteiger partial charge in [-0.25, -0.2) is 19.3 Å². The molecule has 0 atom stereocenters. The highest BCUT2D eigenvalue weighted by Gasteiger charge is 2.22. The van der Waals surface area contributed by atoms with Gasteiger partial charge < -0.3 is 14.2 Å². The maximum absolute atomic E-state index is 13.7. The van der Waals surface area contributed by atoms with Crippen molar-refractivity contribution in [3.8, 4) is 5.75 Å². The van der Waals surface area contributed by atoms with Crippen LogP contribution in [0.25, 0.3) is 11.0 Å². The molecule has 2 aliphatic heterocycles. The minimum absolute atomic E-state index is 0.0479. The number of piperidine rings is 1. The number of hydrogen-bond acceptors (Lipinski definition) is 7. The lowest BCUT2D eigenvalue weighted by Gasteiger charge is -2.32. The third-order valence-corrected chi connectivity index (χ3v) is 6.56. The zero-order valence-corrected chi connectivity index (χ0v) is 18.4. The van der Waals surface area contributed by atoms with Gasteiger partial charge in [-0.2, -0.15) is 0 Å². The lowest BCUT2D eigenvalue weighted by atomic mass is 9.92. The largest absolute Gasteiger partial charge is 0.482 e. The quantitative estimate of drug-likeness (QED) is 0.567. The molecule has 9 heteroatoms. The van der Waals surface area contributed by atoms with E-state index in [9.17, 15) is 14.0 Å². The van der Waals surface area contributed by atoms with Gasteiger partial charge in [-0.3, -0.25) is 9.59 Å². The molecule has 0 bridgehead atoms. The van der Waals surface area contributed by atoms with E-state index in [4.69, 9.17) is 4.74 Å².